The number of ether oxygens (including phenoxy) is 1. The number of rotatable bonds is 9. The van der Waals surface area contributed by atoms with E-state index in [2.05, 4.69) is 30.4 Å². The monoisotopic (exact) mass is 458 g/mol. The predicted octanol–water partition coefficient (Wildman–Crippen LogP) is 4.59. The van der Waals surface area contributed by atoms with Crippen molar-refractivity contribution in [3.8, 4) is 5.75 Å². The Balaban J connectivity index is 1.45. The first-order valence-corrected chi connectivity index (χ1v) is 12.2. The van der Waals surface area contributed by atoms with Crippen molar-refractivity contribution >= 4 is 39.8 Å². The Kier molecular flexibility index (Phi) is 7.42. The molecule has 1 aliphatic rings. The number of methoxy groups -OCH3 is 1. The number of nitrogens with zero attached hydrogens (tertiary/aromatic N) is 4. The number of anilines is 2. The van der Waals surface area contributed by atoms with Gasteiger partial charge in [0, 0.05) is 29.4 Å². The number of hydrogen-bond donors (Lipinski definition) is 2. The van der Waals surface area contributed by atoms with E-state index in [9.17, 15) is 4.79 Å². The second kappa shape index (κ2) is 10.6. The molecule has 31 heavy (non-hydrogen) atoms. The van der Waals surface area contributed by atoms with Gasteiger partial charge < -0.3 is 19.9 Å². The van der Waals surface area contributed by atoms with Crippen LogP contribution in [-0.4, -0.2) is 38.5 Å². The van der Waals surface area contributed by atoms with Crippen molar-refractivity contribution in [3.05, 3.63) is 41.7 Å². The van der Waals surface area contributed by atoms with E-state index in [1.54, 1.807) is 13.3 Å². The van der Waals surface area contributed by atoms with Gasteiger partial charge in [-0.05, 0) is 25.0 Å². The molecule has 1 saturated carbocycles. The molecule has 0 unspecified atom stereocenters. The third kappa shape index (κ3) is 5.76. The lowest BCUT2D eigenvalue weighted by atomic mass is 9.95. The average Bonchev–Trinajstić information content (AvgIpc) is 3.46. The summed E-state index contributed by atoms with van der Waals surface area (Å²) in [6.07, 6.45) is 7.59. The molecule has 0 atom stereocenters. The van der Waals surface area contributed by atoms with Crippen molar-refractivity contribution in [1.82, 2.24) is 19.7 Å². The van der Waals surface area contributed by atoms with Crippen molar-refractivity contribution in [2.24, 2.45) is 0 Å². The Bertz CT molecular complexity index is 986. The van der Waals surface area contributed by atoms with Gasteiger partial charge in [-0.25, -0.2) is 4.98 Å². The second-order valence-corrected chi connectivity index (χ2v) is 9.16. The van der Waals surface area contributed by atoms with E-state index >= 15 is 0 Å². The van der Waals surface area contributed by atoms with Gasteiger partial charge in [-0.15, -0.1) is 21.5 Å². The molecule has 4 rings (SSSR count). The van der Waals surface area contributed by atoms with Crippen LogP contribution in [0.3, 0.4) is 0 Å². The summed E-state index contributed by atoms with van der Waals surface area (Å²) in [5, 5.41) is 18.4. The molecule has 164 valence electrons. The number of carbonyl (C=O) groups is 1. The highest BCUT2D eigenvalue weighted by Crippen LogP contribution is 2.33. The molecule has 10 heteroatoms. The zero-order valence-corrected chi connectivity index (χ0v) is 19.0. The topological polar surface area (TPSA) is 94.0 Å². The van der Waals surface area contributed by atoms with E-state index in [-0.39, 0.29) is 11.7 Å². The summed E-state index contributed by atoms with van der Waals surface area (Å²) in [4.78, 5) is 16.4. The number of nitrogens with one attached hydrogen (secondary N) is 2. The molecule has 0 spiro atoms. The van der Waals surface area contributed by atoms with Crippen LogP contribution in [0.4, 0.5) is 10.8 Å². The summed E-state index contributed by atoms with van der Waals surface area (Å²) in [5.41, 5.74) is 0.967. The Morgan fingerprint density at radius 1 is 1.29 bits per heavy atom. The van der Waals surface area contributed by atoms with Gasteiger partial charge in [0.05, 0.1) is 19.4 Å². The van der Waals surface area contributed by atoms with E-state index in [1.807, 2.05) is 29.6 Å². The van der Waals surface area contributed by atoms with Crippen LogP contribution in [0.25, 0.3) is 0 Å². The SMILES string of the molecule is COc1cccc(NCc2nnc(SCC(=O)Nc3nccs3)n2C2CCCCC2)c1. The Hall–Kier alpha value is -2.59. The third-order valence-corrected chi connectivity index (χ3v) is 6.84. The quantitative estimate of drug-likeness (QED) is 0.453. The summed E-state index contributed by atoms with van der Waals surface area (Å²) in [6, 6.07) is 8.20. The van der Waals surface area contributed by atoms with Gasteiger partial charge in [-0.2, -0.15) is 0 Å². The number of thioether (sulfide) groups is 1. The average molecular weight is 459 g/mol. The lowest BCUT2D eigenvalue weighted by molar-refractivity contribution is -0.113. The molecular formula is C21H26N6O2S2. The zero-order valence-electron chi connectivity index (χ0n) is 17.4. The number of hydrogen-bond acceptors (Lipinski definition) is 8. The lowest BCUT2D eigenvalue weighted by Gasteiger charge is -2.25. The normalized spacial score (nSPS) is 14.4. The summed E-state index contributed by atoms with van der Waals surface area (Å²) in [6.45, 7) is 0.558. The lowest BCUT2D eigenvalue weighted by Crippen LogP contribution is -2.19. The van der Waals surface area contributed by atoms with Gasteiger partial charge in [0.15, 0.2) is 16.1 Å². The molecule has 1 fully saturated rings. The molecule has 0 bridgehead atoms. The molecule has 1 aliphatic carbocycles. The van der Waals surface area contributed by atoms with Gasteiger partial charge in [-0.1, -0.05) is 37.1 Å². The molecule has 0 aliphatic heterocycles. The van der Waals surface area contributed by atoms with Crippen molar-refractivity contribution in [3.63, 3.8) is 0 Å². The van der Waals surface area contributed by atoms with Gasteiger partial charge in [0.1, 0.15) is 5.75 Å². The molecule has 1 aromatic carbocycles. The molecule has 3 aromatic rings. The highest BCUT2D eigenvalue weighted by atomic mass is 32.2. The minimum absolute atomic E-state index is 0.0887. The fourth-order valence-electron chi connectivity index (χ4n) is 3.72. The van der Waals surface area contributed by atoms with Crippen LogP contribution in [0.1, 0.15) is 44.0 Å². The van der Waals surface area contributed by atoms with Crippen LogP contribution in [0.15, 0.2) is 41.0 Å². The number of aromatic nitrogens is 4. The van der Waals surface area contributed by atoms with E-state index in [0.29, 0.717) is 17.7 Å². The molecule has 8 nitrogen and oxygen atoms in total. The molecule has 2 heterocycles. The highest BCUT2D eigenvalue weighted by Gasteiger charge is 2.23. The van der Waals surface area contributed by atoms with Gasteiger partial charge in [0.2, 0.25) is 5.91 Å². The Morgan fingerprint density at radius 2 is 2.16 bits per heavy atom. The molecular weight excluding hydrogens is 432 g/mol. The molecule has 0 saturated heterocycles. The minimum Gasteiger partial charge on any atom is -0.497 e. The second-order valence-electron chi connectivity index (χ2n) is 7.32. The first-order chi connectivity index (χ1) is 15.2. The standard InChI is InChI=1S/C21H26N6O2S2/c1-29-17-9-5-6-15(12-17)23-13-18-25-26-21(27(18)16-7-3-2-4-8-16)31-14-19(28)24-20-22-10-11-30-20/h5-6,9-12,16,23H,2-4,7-8,13-14H2,1H3,(H,22,24,28). The summed E-state index contributed by atoms with van der Waals surface area (Å²) in [7, 11) is 1.66. The largest absolute Gasteiger partial charge is 0.497 e. The predicted molar refractivity (Wildman–Crippen MR) is 124 cm³/mol. The summed E-state index contributed by atoms with van der Waals surface area (Å²) >= 11 is 2.83. The minimum atomic E-state index is -0.0887. The first-order valence-electron chi connectivity index (χ1n) is 10.4. The smallest absolute Gasteiger partial charge is 0.236 e. The summed E-state index contributed by atoms with van der Waals surface area (Å²) in [5.74, 6) is 1.88. The van der Waals surface area contributed by atoms with Crippen LogP contribution >= 0.6 is 23.1 Å². The van der Waals surface area contributed by atoms with Crippen molar-refractivity contribution < 1.29 is 9.53 Å². The maximum absolute atomic E-state index is 12.3. The van der Waals surface area contributed by atoms with Crippen LogP contribution < -0.4 is 15.4 Å². The number of carbonyl (C=O) groups excluding carboxylic acids is 1. The molecule has 2 aromatic heterocycles. The maximum Gasteiger partial charge on any atom is 0.236 e. The number of benzene rings is 1. The van der Waals surface area contributed by atoms with Crippen LogP contribution in [0, 0.1) is 0 Å². The molecule has 0 radical (unpaired) electrons. The Labute approximate surface area is 189 Å². The van der Waals surface area contributed by atoms with E-state index in [1.165, 1.54) is 42.4 Å². The first kappa shape index (κ1) is 21.6. The highest BCUT2D eigenvalue weighted by molar-refractivity contribution is 7.99. The summed E-state index contributed by atoms with van der Waals surface area (Å²) < 4.78 is 7.53. The van der Waals surface area contributed by atoms with E-state index < -0.39 is 0 Å². The fraction of sp³-hybridized carbons (Fsp3) is 0.429. The Morgan fingerprint density at radius 3 is 2.94 bits per heavy atom. The van der Waals surface area contributed by atoms with Crippen molar-refractivity contribution in [2.45, 2.75) is 49.8 Å². The van der Waals surface area contributed by atoms with Crippen LogP contribution in [-0.2, 0) is 11.3 Å². The number of thiazole rings is 1. The molecule has 1 amide bonds. The van der Waals surface area contributed by atoms with Crippen LogP contribution in [0.5, 0.6) is 5.75 Å². The van der Waals surface area contributed by atoms with Gasteiger partial charge in [-0.3, -0.25) is 4.79 Å². The van der Waals surface area contributed by atoms with Crippen molar-refractivity contribution in [2.75, 3.05) is 23.5 Å². The van der Waals surface area contributed by atoms with E-state index in [4.69, 9.17) is 4.74 Å². The van der Waals surface area contributed by atoms with Gasteiger partial charge >= 0.3 is 0 Å². The third-order valence-electron chi connectivity index (χ3n) is 5.21. The van der Waals surface area contributed by atoms with Crippen molar-refractivity contribution in [1.29, 1.82) is 0 Å². The zero-order chi connectivity index (χ0) is 21.5. The maximum atomic E-state index is 12.3. The van der Waals surface area contributed by atoms with E-state index in [0.717, 1.165) is 35.3 Å². The number of amides is 1. The van der Waals surface area contributed by atoms with Gasteiger partial charge in [0.25, 0.3) is 0 Å². The fourth-order valence-corrected chi connectivity index (χ4v) is 5.09. The van der Waals surface area contributed by atoms with Crippen LogP contribution in [0.2, 0.25) is 0 Å². The molecule has 2 N–H and O–H groups in total.